The zero-order valence-electron chi connectivity index (χ0n) is 10.2. The molecule has 0 atom stereocenters. The first kappa shape index (κ1) is 11.4. The highest BCUT2D eigenvalue weighted by molar-refractivity contribution is 5.59. The van der Waals surface area contributed by atoms with Crippen molar-refractivity contribution in [1.82, 2.24) is 15.1 Å². The summed E-state index contributed by atoms with van der Waals surface area (Å²) < 4.78 is 5.19. The van der Waals surface area contributed by atoms with E-state index >= 15 is 0 Å². The van der Waals surface area contributed by atoms with Gasteiger partial charge in [0.05, 0.1) is 0 Å². The van der Waals surface area contributed by atoms with Gasteiger partial charge in [0.25, 0.3) is 5.89 Å². The van der Waals surface area contributed by atoms with E-state index in [4.69, 9.17) is 4.52 Å². The first-order valence-corrected chi connectivity index (χ1v) is 5.78. The molecule has 0 aliphatic rings. The van der Waals surface area contributed by atoms with Crippen molar-refractivity contribution in [3.8, 4) is 28.7 Å². The van der Waals surface area contributed by atoms with Gasteiger partial charge in [-0.3, -0.25) is 4.98 Å². The lowest BCUT2D eigenvalue weighted by Crippen LogP contribution is -1.86. The fraction of sp³-hybridized carbons (Fsp3) is 0.0714. The van der Waals surface area contributed by atoms with Crippen LogP contribution in [0.4, 0.5) is 0 Å². The number of phenolic OH excluding ortho intramolecular Hbond substituents is 1. The Balaban J connectivity index is 2.00. The Morgan fingerprint density at radius 2 is 2.05 bits per heavy atom. The van der Waals surface area contributed by atoms with Crippen LogP contribution >= 0.6 is 0 Å². The van der Waals surface area contributed by atoms with Gasteiger partial charge in [0.15, 0.2) is 0 Å². The third-order valence-corrected chi connectivity index (χ3v) is 2.66. The minimum atomic E-state index is 0.158. The SMILES string of the molecule is Cc1ccnc(-c2noc(-c3cccc(O)c3)n2)c1. The molecule has 5 heteroatoms. The number of pyridine rings is 1. The van der Waals surface area contributed by atoms with Gasteiger partial charge in [0, 0.05) is 11.8 Å². The Morgan fingerprint density at radius 3 is 2.84 bits per heavy atom. The lowest BCUT2D eigenvalue weighted by molar-refractivity contribution is 0.431. The van der Waals surface area contributed by atoms with Crippen LogP contribution in [0.3, 0.4) is 0 Å². The number of aromatic hydroxyl groups is 1. The molecule has 0 bridgehead atoms. The van der Waals surface area contributed by atoms with Gasteiger partial charge in [0.2, 0.25) is 5.82 Å². The van der Waals surface area contributed by atoms with Crippen molar-refractivity contribution in [2.24, 2.45) is 0 Å². The van der Waals surface area contributed by atoms with Crippen LogP contribution in [0.1, 0.15) is 5.56 Å². The van der Waals surface area contributed by atoms with Crippen LogP contribution in [0, 0.1) is 6.92 Å². The summed E-state index contributed by atoms with van der Waals surface area (Å²) in [6.45, 7) is 1.97. The van der Waals surface area contributed by atoms with Gasteiger partial charge in [-0.1, -0.05) is 11.2 Å². The molecule has 94 valence electrons. The average Bonchev–Trinajstić information content (AvgIpc) is 2.88. The number of aryl methyl sites for hydroxylation is 1. The van der Waals surface area contributed by atoms with Gasteiger partial charge < -0.3 is 9.63 Å². The molecule has 1 N–H and O–H groups in total. The number of rotatable bonds is 2. The summed E-state index contributed by atoms with van der Waals surface area (Å²) in [5.74, 6) is 0.946. The zero-order valence-corrected chi connectivity index (χ0v) is 10.2. The molecule has 0 aliphatic carbocycles. The second kappa shape index (κ2) is 4.53. The van der Waals surface area contributed by atoms with E-state index in [2.05, 4.69) is 15.1 Å². The molecule has 19 heavy (non-hydrogen) atoms. The predicted molar refractivity (Wildman–Crippen MR) is 69.4 cm³/mol. The highest BCUT2D eigenvalue weighted by atomic mass is 16.5. The molecule has 0 saturated carbocycles. The average molecular weight is 253 g/mol. The van der Waals surface area contributed by atoms with Crippen LogP contribution < -0.4 is 0 Å². The standard InChI is InChI=1S/C14H11N3O2/c1-9-5-6-15-12(7-9)13-16-14(19-17-13)10-3-2-4-11(18)8-10/h2-8,18H,1H3. The van der Waals surface area contributed by atoms with Crippen LogP contribution in [0.15, 0.2) is 47.1 Å². The quantitative estimate of drug-likeness (QED) is 0.760. The predicted octanol–water partition coefficient (Wildman–Crippen LogP) is 2.81. The van der Waals surface area contributed by atoms with Crippen LogP contribution in [-0.2, 0) is 0 Å². The molecule has 0 spiro atoms. The minimum absolute atomic E-state index is 0.158. The molecule has 0 radical (unpaired) electrons. The fourth-order valence-corrected chi connectivity index (χ4v) is 1.74. The van der Waals surface area contributed by atoms with Gasteiger partial charge >= 0.3 is 0 Å². The number of hydrogen-bond acceptors (Lipinski definition) is 5. The molecule has 5 nitrogen and oxygen atoms in total. The zero-order chi connectivity index (χ0) is 13.2. The Labute approximate surface area is 109 Å². The van der Waals surface area contributed by atoms with Crippen molar-refractivity contribution in [3.63, 3.8) is 0 Å². The van der Waals surface area contributed by atoms with E-state index in [1.165, 1.54) is 0 Å². The lowest BCUT2D eigenvalue weighted by atomic mass is 10.2. The maximum atomic E-state index is 9.43. The molecule has 3 aromatic rings. The minimum Gasteiger partial charge on any atom is -0.508 e. The molecule has 2 aromatic heterocycles. The van der Waals surface area contributed by atoms with E-state index in [0.717, 1.165) is 5.56 Å². The molecule has 3 rings (SSSR count). The number of nitrogens with zero attached hydrogens (tertiary/aromatic N) is 3. The maximum absolute atomic E-state index is 9.43. The summed E-state index contributed by atoms with van der Waals surface area (Å²) in [4.78, 5) is 8.48. The van der Waals surface area contributed by atoms with E-state index < -0.39 is 0 Å². The molecule has 0 fully saturated rings. The highest BCUT2D eigenvalue weighted by Gasteiger charge is 2.11. The van der Waals surface area contributed by atoms with Gasteiger partial charge in [-0.05, 0) is 42.8 Å². The smallest absolute Gasteiger partial charge is 0.258 e. The molecule has 0 amide bonds. The maximum Gasteiger partial charge on any atom is 0.258 e. The largest absolute Gasteiger partial charge is 0.508 e. The summed E-state index contributed by atoms with van der Waals surface area (Å²) in [5, 5.41) is 13.3. The van der Waals surface area contributed by atoms with E-state index in [1.807, 2.05) is 19.1 Å². The first-order chi connectivity index (χ1) is 9.22. The van der Waals surface area contributed by atoms with Crippen LogP contribution in [-0.4, -0.2) is 20.2 Å². The lowest BCUT2D eigenvalue weighted by Gasteiger charge is -1.95. The van der Waals surface area contributed by atoms with Crippen LogP contribution in [0.25, 0.3) is 23.0 Å². The summed E-state index contributed by atoms with van der Waals surface area (Å²) >= 11 is 0. The van der Waals surface area contributed by atoms with E-state index in [9.17, 15) is 5.11 Å². The molecule has 0 aliphatic heterocycles. The fourth-order valence-electron chi connectivity index (χ4n) is 1.74. The van der Waals surface area contributed by atoms with Gasteiger partial charge in [-0.15, -0.1) is 0 Å². The number of hydrogen-bond donors (Lipinski definition) is 1. The second-order valence-corrected chi connectivity index (χ2v) is 4.19. The van der Waals surface area contributed by atoms with Crippen molar-refractivity contribution in [2.75, 3.05) is 0 Å². The topological polar surface area (TPSA) is 72.0 Å². The van der Waals surface area contributed by atoms with Crippen molar-refractivity contribution in [2.45, 2.75) is 6.92 Å². The Kier molecular flexibility index (Phi) is 2.72. The van der Waals surface area contributed by atoms with Gasteiger partial charge in [0.1, 0.15) is 11.4 Å². The molecule has 0 saturated heterocycles. The summed E-state index contributed by atoms with van der Waals surface area (Å²) in [6, 6.07) is 10.5. The Hall–Kier alpha value is -2.69. The van der Waals surface area contributed by atoms with Crippen LogP contribution in [0.5, 0.6) is 5.75 Å². The van der Waals surface area contributed by atoms with Crippen LogP contribution in [0.2, 0.25) is 0 Å². The Bertz CT molecular complexity index is 662. The number of phenols is 1. The van der Waals surface area contributed by atoms with Gasteiger partial charge in [-0.25, -0.2) is 0 Å². The number of benzene rings is 1. The first-order valence-electron chi connectivity index (χ1n) is 5.78. The summed E-state index contributed by atoms with van der Waals surface area (Å²) in [6.07, 6.45) is 1.70. The molecule has 1 aromatic carbocycles. The molecular weight excluding hydrogens is 242 g/mol. The summed E-state index contributed by atoms with van der Waals surface area (Å²) in [5.41, 5.74) is 2.41. The third kappa shape index (κ3) is 2.30. The normalized spacial score (nSPS) is 10.6. The summed E-state index contributed by atoms with van der Waals surface area (Å²) in [7, 11) is 0. The van der Waals surface area contributed by atoms with Crippen molar-refractivity contribution in [3.05, 3.63) is 48.2 Å². The van der Waals surface area contributed by atoms with E-state index in [-0.39, 0.29) is 5.75 Å². The van der Waals surface area contributed by atoms with E-state index in [0.29, 0.717) is 23.0 Å². The van der Waals surface area contributed by atoms with Crippen molar-refractivity contribution in [1.29, 1.82) is 0 Å². The molecule has 2 heterocycles. The van der Waals surface area contributed by atoms with Gasteiger partial charge in [-0.2, -0.15) is 4.98 Å². The van der Waals surface area contributed by atoms with Crippen molar-refractivity contribution < 1.29 is 9.63 Å². The molecular formula is C14H11N3O2. The Morgan fingerprint density at radius 1 is 1.16 bits per heavy atom. The number of aromatic nitrogens is 3. The highest BCUT2D eigenvalue weighted by Crippen LogP contribution is 2.23. The monoisotopic (exact) mass is 253 g/mol. The molecule has 0 unspecified atom stereocenters. The van der Waals surface area contributed by atoms with E-state index in [1.54, 1.807) is 30.5 Å². The van der Waals surface area contributed by atoms with Crippen molar-refractivity contribution >= 4 is 0 Å². The third-order valence-electron chi connectivity index (χ3n) is 2.66. The second-order valence-electron chi connectivity index (χ2n) is 4.19.